The third kappa shape index (κ3) is 2.42. The highest BCUT2D eigenvalue weighted by molar-refractivity contribution is 5.33. The number of nitrogen functional groups attached to an aromatic ring is 1. The molecule has 0 saturated carbocycles. The Kier molecular flexibility index (Phi) is 3.13. The maximum Gasteiger partial charge on any atom is 0.292 e. The van der Waals surface area contributed by atoms with Crippen LogP contribution in [0.1, 0.15) is 17.0 Å². The highest BCUT2D eigenvalue weighted by Crippen LogP contribution is 2.24. The van der Waals surface area contributed by atoms with Crippen LogP contribution in [0, 0.1) is 0 Å². The van der Waals surface area contributed by atoms with Gasteiger partial charge in [0.1, 0.15) is 11.5 Å². The second-order valence-electron chi connectivity index (χ2n) is 4.69. The van der Waals surface area contributed by atoms with Crippen LogP contribution in [0.5, 0.6) is 5.75 Å². The second kappa shape index (κ2) is 4.93. The van der Waals surface area contributed by atoms with Gasteiger partial charge in [0.2, 0.25) is 0 Å². The summed E-state index contributed by atoms with van der Waals surface area (Å²) < 4.78 is 10.7. The number of fused-ring (bicyclic) bond motifs is 1. The van der Waals surface area contributed by atoms with E-state index in [-0.39, 0.29) is 6.01 Å². The van der Waals surface area contributed by atoms with Crippen molar-refractivity contribution in [3.05, 3.63) is 41.3 Å². The first-order chi connectivity index (χ1) is 9.26. The molecule has 0 bridgehead atoms. The number of rotatable bonds is 3. The maximum absolute atomic E-state index is 5.59. The molecule has 0 radical (unpaired) electrons. The molecule has 3 rings (SSSR count). The number of aromatic nitrogens is 1. The summed E-state index contributed by atoms with van der Waals surface area (Å²) >= 11 is 0. The van der Waals surface area contributed by atoms with Gasteiger partial charge in [-0.25, -0.2) is 0 Å². The van der Waals surface area contributed by atoms with Crippen LogP contribution >= 0.6 is 0 Å². The zero-order valence-electron chi connectivity index (χ0n) is 10.9. The van der Waals surface area contributed by atoms with E-state index in [1.54, 1.807) is 7.11 Å². The predicted molar refractivity (Wildman–Crippen MR) is 71.7 cm³/mol. The molecular weight excluding hydrogens is 242 g/mol. The molecule has 2 heterocycles. The normalized spacial score (nSPS) is 15.2. The zero-order valence-corrected chi connectivity index (χ0v) is 10.9. The smallest absolute Gasteiger partial charge is 0.292 e. The van der Waals surface area contributed by atoms with Crippen molar-refractivity contribution in [3.63, 3.8) is 0 Å². The van der Waals surface area contributed by atoms with Crippen molar-refractivity contribution in [1.82, 2.24) is 9.88 Å². The molecule has 1 aromatic heterocycles. The van der Waals surface area contributed by atoms with Crippen LogP contribution in [0.25, 0.3) is 0 Å². The van der Waals surface area contributed by atoms with E-state index in [1.807, 2.05) is 18.2 Å². The van der Waals surface area contributed by atoms with E-state index in [4.69, 9.17) is 14.9 Å². The monoisotopic (exact) mass is 259 g/mol. The van der Waals surface area contributed by atoms with Crippen molar-refractivity contribution in [2.45, 2.75) is 19.5 Å². The van der Waals surface area contributed by atoms with E-state index in [9.17, 15) is 0 Å². The van der Waals surface area contributed by atoms with Gasteiger partial charge in [-0.3, -0.25) is 4.90 Å². The van der Waals surface area contributed by atoms with Crippen molar-refractivity contribution in [3.8, 4) is 5.75 Å². The third-order valence-corrected chi connectivity index (χ3v) is 3.41. The zero-order chi connectivity index (χ0) is 13.2. The highest BCUT2D eigenvalue weighted by Gasteiger charge is 2.22. The molecule has 0 aliphatic carbocycles. The van der Waals surface area contributed by atoms with Gasteiger partial charge in [0.25, 0.3) is 6.01 Å². The fourth-order valence-electron chi connectivity index (χ4n) is 2.48. The van der Waals surface area contributed by atoms with Gasteiger partial charge in [-0.05, 0) is 6.07 Å². The van der Waals surface area contributed by atoms with Crippen molar-refractivity contribution >= 4 is 6.01 Å². The van der Waals surface area contributed by atoms with Crippen molar-refractivity contribution in [2.75, 3.05) is 19.4 Å². The molecule has 0 saturated heterocycles. The summed E-state index contributed by atoms with van der Waals surface area (Å²) in [6.07, 6.45) is 0.856. The number of hydrogen-bond acceptors (Lipinski definition) is 5. The first kappa shape index (κ1) is 12.0. The summed E-state index contributed by atoms with van der Waals surface area (Å²) in [5, 5.41) is 0. The Balaban J connectivity index is 1.75. The minimum absolute atomic E-state index is 0.268. The molecule has 1 aliphatic heterocycles. The van der Waals surface area contributed by atoms with E-state index >= 15 is 0 Å². The number of hydrogen-bond donors (Lipinski definition) is 1. The molecular formula is C14H17N3O2. The Bertz CT molecular complexity index is 580. The van der Waals surface area contributed by atoms with Crippen LogP contribution in [0.2, 0.25) is 0 Å². The second-order valence-corrected chi connectivity index (χ2v) is 4.69. The molecule has 5 heteroatoms. The molecule has 100 valence electrons. The molecule has 2 N–H and O–H groups in total. The Morgan fingerprint density at radius 1 is 1.42 bits per heavy atom. The minimum atomic E-state index is 0.268. The number of para-hydroxylation sites is 1. The third-order valence-electron chi connectivity index (χ3n) is 3.41. The Hall–Kier alpha value is -2.01. The largest absolute Gasteiger partial charge is 0.496 e. The van der Waals surface area contributed by atoms with Gasteiger partial charge in [-0.2, -0.15) is 4.98 Å². The summed E-state index contributed by atoms with van der Waals surface area (Å²) in [6, 6.07) is 8.35. The molecule has 5 nitrogen and oxygen atoms in total. The van der Waals surface area contributed by atoms with Crippen molar-refractivity contribution in [1.29, 1.82) is 0 Å². The molecule has 1 aliphatic rings. The standard InChI is InChI=1S/C14H17N3O2/c1-18-12-5-3-2-4-10(12)8-17-7-6-13-11(9-17)16-14(15)19-13/h2-5H,6-9H2,1H3,(H2,15,16). The fourth-order valence-corrected chi connectivity index (χ4v) is 2.48. The minimum Gasteiger partial charge on any atom is -0.496 e. The molecule has 19 heavy (non-hydrogen) atoms. The maximum atomic E-state index is 5.59. The molecule has 0 amide bonds. The van der Waals surface area contributed by atoms with E-state index in [1.165, 1.54) is 5.56 Å². The summed E-state index contributed by atoms with van der Waals surface area (Å²) in [5.74, 6) is 1.85. The fraction of sp³-hybridized carbons (Fsp3) is 0.357. The van der Waals surface area contributed by atoms with Crippen molar-refractivity contribution < 1.29 is 9.15 Å². The topological polar surface area (TPSA) is 64.5 Å². The van der Waals surface area contributed by atoms with Gasteiger partial charge < -0.3 is 14.9 Å². The van der Waals surface area contributed by atoms with Crippen LogP contribution in [-0.4, -0.2) is 23.5 Å². The highest BCUT2D eigenvalue weighted by atomic mass is 16.5. The Morgan fingerprint density at radius 3 is 3.11 bits per heavy atom. The Labute approximate surface area is 112 Å². The number of ether oxygens (including phenoxy) is 1. The summed E-state index contributed by atoms with van der Waals surface area (Å²) in [4.78, 5) is 6.55. The van der Waals surface area contributed by atoms with Gasteiger partial charge in [0, 0.05) is 31.6 Å². The lowest BCUT2D eigenvalue weighted by molar-refractivity contribution is 0.229. The molecule has 0 spiro atoms. The molecule has 0 fully saturated rings. The summed E-state index contributed by atoms with van der Waals surface area (Å²) in [7, 11) is 1.70. The summed E-state index contributed by atoms with van der Waals surface area (Å²) in [6.45, 7) is 2.56. The quantitative estimate of drug-likeness (QED) is 0.911. The van der Waals surface area contributed by atoms with Gasteiger partial charge in [0.15, 0.2) is 0 Å². The molecule has 0 atom stereocenters. The average molecular weight is 259 g/mol. The number of anilines is 1. The van der Waals surface area contributed by atoms with E-state index in [0.717, 1.165) is 43.3 Å². The van der Waals surface area contributed by atoms with Gasteiger partial charge in [-0.1, -0.05) is 18.2 Å². The predicted octanol–water partition coefficient (Wildman–Crippen LogP) is 1.82. The lowest BCUT2D eigenvalue weighted by Gasteiger charge is -2.25. The number of methoxy groups -OCH3 is 1. The molecule has 0 unspecified atom stereocenters. The van der Waals surface area contributed by atoms with Crippen LogP contribution in [-0.2, 0) is 19.5 Å². The van der Waals surface area contributed by atoms with Crippen LogP contribution in [0.3, 0.4) is 0 Å². The number of benzene rings is 1. The first-order valence-electron chi connectivity index (χ1n) is 6.34. The van der Waals surface area contributed by atoms with E-state index < -0.39 is 0 Å². The van der Waals surface area contributed by atoms with Gasteiger partial charge >= 0.3 is 0 Å². The van der Waals surface area contributed by atoms with Crippen molar-refractivity contribution in [2.24, 2.45) is 0 Å². The van der Waals surface area contributed by atoms with Gasteiger partial charge in [-0.15, -0.1) is 0 Å². The number of oxazole rings is 1. The van der Waals surface area contributed by atoms with Gasteiger partial charge in [0.05, 0.1) is 12.8 Å². The van der Waals surface area contributed by atoms with Crippen LogP contribution in [0.4, 0.5) is 6.01 Å². The van der Waals surface area contributed by atoms with Crippen LogP contribution < -0.4 is 10.5 Å². The SMILES string of the molecule is COc1ccccc1CN1CCc2oc(N)nc2C1. The molecule has 1 aromatic carbocycles. The number of nitrogens with zero attached hydrogens (tertiary/aromatic N) is 2. The molecule has 2 aromatic rings. The van der Waals surface area contributed by atoms with E-state index in [2.05, 4.69) is 16.0 Å². The number of nitrogens with two attached hydrogens (primary N) is 1. The van der Waals surface area contributed by atoms with E-state index in [0.29, 0.717) is 0 Å². The lowest BCUT2D eigenvalue weighted by atomic mass is 10.1. The lowest BCUT2D eigenvalue weighted by Crippen LogP contribution is -2.29. The van der Waals surface area contributed by atoms with Crippen LogP contribution in [0.15, 0.2) is 28.7 Å². The Morgan fingerprint density at radius 2 is 2.26 bits per heavy atom. The average Bonchev–Trinajstić information content (AvgIpc) is 2.79. The summed E-state index contributed by atoms with van der Waals surface area (Å²) in [5.41, 5.74) is 7.73. The first-order valence-corrected chi connectivity index (χ1v) is 6.34.